The van der Waals surface area contributed by atoms with Crippen molar-refractivity contribution in [2.24, 2.45) is 0 Å². The number of sulfonamides is 1. The van der Waals surface area contributed by atoms with Crippen molar-refractivity contribution in [1.29, 1.82) is 0 Å². The molecule has 0 spiro atoms. The predicted octanol–water partition coefficient (Wildman–Crippen LogP) is 4.02. The van der Waals surface area contributed by atoms with E-state index in [4.69, 9.17) is 4.74 Å². The molecular weight excluding hydrogens is 372 g/mol. The molecule has 0 aliphatic rings. The molecule has 0 aliphatic heterocycles. The minimum Gasteiger partial charge on any atom is -0.489 e. The SMILES string of the molecule is O=S(=O)(NCc1ccc(OCc2ccc(F)cc2)cc1)c1ccc(F)cc1. The number of hydrogen-bond donors (Lipinski definition) is 1. The molecule has 0 amide bonds. The minimum absolute atomic E-state index is 0.00292. The standard InChI is InChI=1S/C20H17F2NO3S/c21-17-5-1-16(2-6-17)14-26-19-9-3-15(4-10-19)13-23-27(24,25)20-11-7-18(22)8-12-20/h1-12,23H,13-14H2. The van der Waals surface area contributed by atoms with Gasteiger partial charge in [0.2, 0.25) is 10.0 Å². The first-order chi connectivity index (χ1) is 12.9. The monoisotopic (exact) mass is 389 g/mol. The molecular formula is C20H17F2NO3S. The van der Waals surface area contributed by atoms with Crippen LogP contribution < -0.4 is 9.46 Å². The van der Waals surface area contributed by atoms with E-state index in [1.54, 1.807) is 36.4 Å². The number of hydrogen-bond acceptors (Lipinski definition) is 3. The number of rotatable bonds is 7. The fourth-order valence-electron chi connectivity index (χ4n) is 2.33. The van der Waals surface area contributed by atoms with Gasteiger partial charge < -0.3 is 4.74 Å². The van der Waals surface area contributed by atoms with E-state index in [0.29, 0.717) is 12.4 Å². The quantitative estimate of drug-likeness (QED) is 0.664. The van der Waals surface area contributed by atoms with Crippen molar-refractivity contribution in [3.05, 3.63) is 95.6 Å². The highest BCUT2D eigenvalue weighted by atomic mass is 32.2. The molecule has 7 heteroatoms. The van der Waals surface area contributed by atoms with Crippen molar-refractivity contribution in [1.82, 2.24) is 4.72 Å². The maximum absolute atomic E-state index is 12.9. The molecule has 27 heavy (non-hydrogen) atoms. The summed E-state index contributed by atoms with van der Waals surface area (Å²) in [5.74, 6) is -0.180. The predicted molar refractivity (Wildman–Crippen MR) is 97.6 cm³/mol. The summed E-state index contributed by atoms with van der Waals surface area (Å²) in [5, 5.41) is 0. The lowest BCUT2D eigenvalue weighted by Gasteiger charge is -2.09. The second-order valence-electron chi connectivity index (χ2n) is 5.84. The molecule has 0 saturated heterocycles. The Bertz CT molecular complexity index is 987. The smallest absolute Gasteiger partial charge is 0.240 e. The lowest BCUT2D eigenvalue weighted by molar-refractivity contribution is 0.306. The van der Waals surface area contributed by atoms with Crippen molar-refractivity contribution < 1.29 is 21.9 Å². The van der Waals surface area contributed by atoms with E-state index in [1.165, 1.54) is 24.3 Å². The van der Waals surface area contributed by atoms with E-state index in [0.717, 1.165) is 23.3 Å². The van der Waals surface area contributed by atoms with Crippen molar-refractivity contribution in [2.75, 3.05) is 0 Å². The molecule has 0 fully saturated rings. The van der Waals surface area contributed by atoms with Crippen LogP contribution in [-0.2, 0) is 23.2 Å². The molecule has 1 N–H and O–H groups in total. The van der Waals surface area contributed by atoms with Gasteiger partial charge >= 0.3 is 0 Å². The first-order valence-corrected chi connectivity index (χ1v) is 9.62. The zero-order chi connectivity index (χ0) is 19.3. The Morgan fingerprint density at radius 1 is 0.741 bits per heavy atom. The summed E-state index contributed by atoms with van der Waals surface area (Å²) >= 11 is 0. The van der Waals surface area contributed by atoms with Crippen LogP contribution in [0.5, 0.6) is 5.75 Å². The van der Waals surface area contributed by atoms with Gasteiger partial charge in [0, 0.05) is 6.54 Å². The lowest BCUT2D eigenvalue weighted by atomic mass is 10.2. The normalized spacial score (nSPS) is 11.3. The topological polar surface area (TPSA) is 55.4 Å². The van der Waals surface area contributed by atoms with Crippen LogP contribution in [-0.4, -0.2) is 8.42 Å². The Morgan fingerprint density at radius 2 is 1.26 bits per heavy atom. The van der Waals surface area contributed by atoms with Crippen LogP contribution in [0.25, 0.3) is 0 Å². The highest BCUT2D eigenvalue weighted by Gasteiger charge is 2.13. The van der Waals surface area contributed by atoms with Crippen molar-refractivity contribution in [2.45, 2.75) is 18.0 Å². The average molecular weight is 389 g/mol. The molecule has 0 aromatic heterocycles. The van der Waals surface area contributed by atoms with Crippen LogP contribution in [0.15, 0.2) is 77.7 Å². The van der Waals surface area contributed by atoms with Gasteiger partial charge in [0.1, 0.15) is 24.0 Å². The molecule has 140 valence electrons. The molecule has 0 saturated carbocycles. The summed E-state index contributed by atoms with van der Waals surface area (Å²) < 4.78 is 58.2. The molecule has 0 atom stereocenters. The highest BCUT2D eigenvalue weighted by molar-refractivity contribution is 7.89. The van der Waals surface area contributed by atoms with E-state index >= 15 is 0 Å². The van der Waals surface area contributed by atoms with Gasteiger partial charge in [0.25, 0.3) is 0 Å². The molecule has 3 aromatic carbocycles. The van der Waals surface area contributed by atoms with Crippen LogP contribution in [0.1, 0.15) is 11.1 Å². The summed E-state index contributed by atoms with van der Waals surface area (Å²) in [6.45, 7) is 0.398. The van der Waals surface area contributed by atoms with Crippen LogP contribution >= 0.6 is 0 Å². The fraction of sp³-hybridized carbons (Fsp3) is 0.100. The zero-order valence-corrected chi connectivity index (χ0v) is 15.0. The first kappa shape index (κ1) is 19.0. The number of nitrogens with one attached hydrogen (secondary N) is 1. The Labute approximate surface area is 156 Å². The third kappa shape index (κ3) is 5.35. The number of ether oxygens (including phenoxy) is 1. The largest absolute Gasteiger partial charge is 0.489 e. The maximum atomic E-state index is 12.9. The van der Waals surface area contributed by atoms with Gasteiger partial charge in [0.15, 0.2) is 0 Å². The number of benzene rings is 3. The Morgan fingerprint density at radius 3 is 1.85 bits per heavy atom. The van der Waals surface area contributed by atoms with E-state index in [-0.39, 0.29) is 17.3 Å². The molecule has 0 unspecified atom stereocenters. The van der Waals surface area contributed by atoms with Crippen molar-refractivity contribution in [3.63, 3.8) is 0 Å². The summed E-state index contributed by atoms with van der Waals surface area (Å²) in [6.07, 6.45) is 0. The van der Waals surface area contributed by atoms with E-state index in [2.05, 4.69) is 4.72 Å². The summed E-state index contributed by atoms with van der Waals surface area (Å²) in [5.41, 5.74) is 1.59. The Balaban J connectivity index is 1.55. The first-order valence-electron chi connectivity index (χ1n) is 8.14. The van der Waals surface area contributed by atoms with Gasteiger partial charge in [-0.05, 0) is 59.7 Å². The molecule has 3 aromatic rings. The average Bonchev–Trinajstić information content (AvgIpc) is 2.67. The van der Waals surface area contributed by atoms with Crippen molar-refractivity contribution in [3.8, 4) is 5.75 Å². The second-order valence-corrected chi connectivity index (χ2v) is 7.60. The highest BCUT2D eigenvalue weighted by Crippen LogP contribution is 2.16. The Hall–Kier alpha value is -2.77. The summed E-state index contributed by atoms with van der Waals surface area (Å²) in [7, 11) is -3.71. The van der Waals surface area contributed by atoms with Gasteiger partial charge in [-0.2, -0.15) is 0 Å². The molecule has 0 heterocycles. The minimum atomic E-state index is -3.71. The van der Waals surface area contributed by atoms with Gasteiger partial charge in [0.05, 0.1) is 4.90 Å². The maximum Gasteiger partial charge on any atom is 0.240 e. The van der Waals surface area contributed by atoms with Crippen LogP contribution in [0.2, 0.25) is 0 Å². The second kappa shape index (κ2) is 8.28. The lowest BCUT2D eigenvalue weighted by Crippen LogP contribution is -2.23. The molecule has 0 radical (unpaired) electrons. The fourth-order valence-corrected chi connectivity index (χ4v) is 3.34. The van der Waals surface area contributed by atoms with Crippen LogP contribution in [0.4, 0.5) is 8.78 Å². The van der Waals surface area contributed by atoms with E-state index in [9.17, 15) is 17.2 Å². The van der Waals surface area contributed by atoms with Gasteiger partial charge in [-0.15, -0.1) is 0 Å². The third-order valence-electron chi connectivity index (χ3n) is 3.83. The zero-order valence-electron chi connectivity index (χ0n) is 14.2. The van der Waals surface area contributed by atoms with Crippen molar-refractivity contribution >= 4 is 10.0 Å². The van der Waals surface area contributed by atoms with Gasteiger partial charge in [-0.1, -0.05) is 24.3 Å². The number of halogens is 2. The molecule has 4 nitrogen and oxygen atoms in total. The summed E-state index contributed by atoms with van der Waals surface area (Å²) in [4.78, 5) is 0.00292. The molecule has 0 aliphatic carbocycles. The summed E-state index contributed by atoms with van der Waals surface area (Å²) in [6, 6.07) is 17.6. The van der Waals surface area contributed by atoms with E-state index < -0.39 is 15.8 Å². The van der Waals surface area contributed by atoms with Gasteiger partial charge in [-0.3, -0.25) is 0 Å². The van der Waals surface area contributed by atoms with Gasteiger partial charge in [-0.25, -0.2) is 21.9 Å². The molecule has 0 bridgehead atoms. The third-order valence-corrected chi connectivity index (χ3v) is 5.25. The molecule has 3 rings (SSSR count). The van der Waals surface area contributed by atoms with Crippen LogP contribution in [0, 0.1) is 11.6 Å². The Kier molecular flexibility index (Phi) is 5.83. The van der Waals surface area contributed by atoms with Crippen LogP contribution in [0.3, 0.4) is 0 Å². The van der Waals surface area contributed by atoms with E-state index in [1.807, 2.05) is 0 Å².